The summed E-state index contributed by atoms with van der Waals surface area (Å²) >= 11 is 0. The maximum atomic E-state index is 6.28. The van der Waals surface area contributed by atoms with Crippen LogP contribution in [0.5, 0.6) is 0 Å². The third-order valence-corrected chi connectivity index (χ3v) is 6.14. The lowest BCUT2D eigenvalue weighted by Crippen LogP contribution is -2.08. The summed E-state index contributed by atoms with van der Waals surface area (Å²) in [6, 6.07) is 29.4. The van der Waals surface area contributed by atoms with E-state index in [-0.39, 0.29) is 0 Å². The molecule has 0 bridgehead atoms. The summed E-state index contributed by atoms with van der Waals surface area (Å²) in [5.74, 6) is 1.51. The highest BCUT2D eigenvalue weighted by Gasteiger charge is 2.18. The molecule has 0 unspecified atom stereocenters. The predicted octanol–water partition coefficient (Wildman–Crippen LogP) is 7.57. The number of benzene rings is 3. The second kappa shape index (κ2) is 11.5. The smallest absolute Gasteiger partial charge is 0.362 e. The number of hydrogen-bond donors (Lipinski definition) is 0. The van der Waals surface area contributed by atoms with E-state index in [0.29, 0.717) is 5.76 Å². The Morgan fingerprint density at radius 2 is 0.973 bits per heavy atom. The second-order valence-electron chi connectivity index (χ2n) is 9.56. The maximum absolute atomic E-state index is 6.28. The Balaban J connectivity index is 1.71. The SMILES string of the molecule is CN(C)c1ccc(C=C=C=Cc2cc(-c3ccc(N(C)C)cc3)cc(-c3ccc(N(C)C)cc3)[o+]2)cc1. The third-order valence-electron chi connectivity index (χ3n) is 6.14. The normalized spacial score (nSPS) is 10.2. The van der Waals surface area contributed by atoms with E-state index in [2.05, 4.69) is 105 Å². The van der Waals surface area contributed by atoms with Gasteiger partial charge in [-0.05, 0) is 65.7 Å². The van der Waals surface area contributed by atoms with Crippen LogP contribution in [0, 0.1) is 0 Å². The van der Waals surface area contributed by atoms with E-state index >= 15 is 0 Å². The Morgan fingerprint density at radius 1 is 0.514 bits per heavy atom. The lowest BCUT2D eigenvalue weighted by molar-refractivity contribution is 0.556. The molecule has 37 heavy (non-hydrogen) atoms. The van der Waals surface area contributed by atoms with E-state index < -0.39 is 0 Å². The molecule has 186 valence electrons. The van der Waals surface area contributed by atoms with Crippen LogP contribution in [0.4, 0.5) is 17.1 Å². The maximum Gasteiger partial charge on any atom is 0.362 e. The molecule has 4 aromatic rings. The molecular weight excluding hydrogens is 454 g/mol. The van der Waals surface area contributed by atoms with Gasteiger partial charge in [0.25, 0.3) is 0 Å². The Morgan fingerprint density at radius 3 is 1.49 bits per heavy atom. The Bertz CT molecular complexity index is 1370. The molecule has 0 amide bonds. The highest BCUT2D eigenvalue weighted by molar-refractivity contribution is 5.73. The third kappa shape index (κ3) is 6.59. The standard InChI is InChI=1S/C33H34N3O/c1-34(2)29-17-11-25(12-18-29)9-7-8-10-32-23-28(26-13-19-30(20-14-26)35(3)4)24-33(37-32)27-15-21-31(22-16-27)36(5)6/h9-24H,1-6H3/q+1. The first-order chi connectivity index (χ1) is 17.8. The number of rotatable bonds is 7. The van der Waals surface area contributed by atoms with Gasteiger partial charge in [-0.25, -0.2) is 4.42 Å². The van der Waals surface area contributed by atoms with Gasteiger partial charge >= 0.3 is 11.5 Å². The molecule has 0 radical (unpaired) electrons. The van der Waals surface area contributed by atoms with Crippen molar-refractivity contribution in [3.8, 4) is 22.5 Å². The zero-order valence-electron chi connectivity index (χ0n) is 22.5. The first-order valence-electron chi connectivity index (χ1n) is 12.3. The molecule has 0 aliphatic carbocycles. The molecule has 0 aliphatic heterocycles. The first kappa shape index (κ1) is 25.6. The molecule has 0 aliphatic rings. The van der Waals surface area contributed by atoms with Crippen molar-refractivity contribution in [3.05, 3.63) is 108 Å². The quantitative estimate of drug-likeness (QED) is 0.197. The Hall–Kier alpha value is -4.49. The van der Waals surface area contributed by atoms with Crippen LogP contribution in [-0.4, -0.2) is 42.3 Å². The summed E-state index contributed by atoms with van der Waals surface area (Å²) < 4.78 is 6.28. The molecule has 3 aromatic carbocycles. The predicted molar refractivity (Wildman–Crippen MR) is 159 cm³/mol. The molecule has 1 aromatic heterocycles. The molecule has 0 fully saturated rings. The van der Waals surface area contributed by atoms with Crippen molar-refractivity contribution in [1.82, 2.24) is 0 Å². The van der Waals surface area contributed by atoms with Crippen molar-refractivity contribution in [3.63, 3.8) is 0 Å². The largest absolute Gasteiger partial charge is 0.378 e. The van der Waals surface area contributed by atoms with Gasteiger partial charge in [0.15, 0.2) is 0 Å². The van der Waals surface area contributed by atoms with E-state index in [4.69, 9.17) is 4.42 Å². The summed E-state index contributed by atoms with van der Waals surface area (Å²) in [6.07, 6.45) is 3.75. The summed E-state index contributed by atoms with van der Waals surface area (Å²) in [5, 5.41) is 0. The number of anilines is 3. The van der Waals surface area contributed by atoms with Gasteiger partial charge in [-0.15, -0.1) is 0 Å². The van der Waals surface area contributed by atoms with E-state index in [9.17, 15) is 0 Å². The summed E-state index contributed by atoms with van der Waals surface area (Å²) in [7, 11) is 12.2. The fourth-order valence-electron chi connectivity index (χ4n) is 3.88. The van der Waals surface area contributed by atoms with Crippen molar-refractivity contribution >= 4 is 29.2 Å². The van der Waals surface area contributed by atoms with Gasteiger partial charge in [0.1, 0.15) is 0 Å². The van der Waals surface area contributed by atoms with E-state index in [1.165, 1.54) is 0 Å². The minimum Gasteiger partial charge on any atom is -0.378 e. The van der Waals surface area contributed by atoms with Crippen LogP contribution < -0.4 is 14.7 Å². The first-order valence-corrected chi connectivity index (χ1v) is 12.3. The van der Waals surface area contributed by atoms with Crippen LogP contribution in [0.15, 0.2) is 101 Å². The van der Waals surface area contributed by atoms with Crippen molar-refractivity contribution in [1.29, 1.82) is 0 Å². The van der Waals surface area contributed by atoms with Crippen LogP contribution in [-0.2, 0) is 0 Å². The van der Waals surface area contributed by atoms with Gasteiger partial charge in [-0.3, -0.25) is 0 Å². The molecule has 0 atom stereocenters. The molecular formula is C33H34N3O+. The van der Waals surface area contributed by atoms with Crippen molar-refractivity contribution in [2.45, 2.75) is 0 Å². The van der Waals surface area contributed by atoms with Crippen LogP contribution in [0.2, 0.25) is 0 Å². The lowest BCUT2D eigenvalue weighted by atomic mass is 10.0. The van der Waals surface area contributed by atoms with Gasteiger partial charge < -0.3 is 14.7 Å². The molecule has 0 N–H and O–H groups in total. The number of hydrogen-bond acceptors (Lipinski definition) is 3. The van der Waals surface area contributed by atoms with Crippen LogP contribution in [0.25, 0.3) is 34.6 Å². The lowest BCUT2D eigenvalue weighted by Gasteiger charge is -2.12. The second-order valence-corrected chi connectivity index (χ2v) is 9.56. The van der Waals surface area contributed by atoms with Gasteiger partial charge in [0.2, 0.25) is 0 Å². The molecule has 4 nitrogen and oxygen atoms in total. The minimum atomic E-state index is 0.713. The molecule has 0 saturated heterocycles. The van der Waals surface area contributed by atoms with Crippen LogP contribution in [0.1, 0.15) is 11.3 Å². The molecule has 1 heterocycles. The fraction of sp³-hybridized carbons (Fsp3) is 0.182. The van der Waals surface area contributed by atoms with E-state index in [1.807, 2.05) is 60.5 Å². The average Bonchev–Trinajstić information content (AvgIpc) is 2.91. The molecule has 0 saturated carbocycles. The van der Waals surface area contributed by atoms with Crippen molar-refractivity contribution < 1.29 is 4.42 Å². The monoisotopic (exact) mass is 488 g/mol. The summed E-state index contributed by atoms with van der Waals surface area (Å²) in [4.78, 5) is 6.27. The van der Waals surface area contributed by atoms with Gasteiger partial charge in [-0.2, -0.15) is 0 Å². The number of nitrogens with zero attached hydrogens (tertiary/aromatic N) is 3. The minimum absolute atomic E-state index is 0.713. The zero-order valence-corrected chi connectivity index (χ0v) is 22.5. The average molecular weight is 489 g/mol. The Labute approximate surface area is 220 Å². The molecule has 0 spiro atoms. The van der Waals surface area contributed by atoms with Gasteiger partial charge in [0.05, 0.1) is 23.8 Å². The van der Waals surface area contributed by atoms with Gasteiger partial charge in [0, 0.05) is 64.9 Å². The summed E-state index contributed by atoms with van der Waals surface area (Å²) in [5.41, 5.74) is 14.1. The summed E-state index contributed by atoms with van der Waals surface area (Å²) in [6.45, 7) is 0. The van der Waals surface area contributed by atoms with Gasteiger partial charge in [-0.1, -0.05) is 35.7 Å². The highest BCUT2D eigenvalue weighted by atomic mass is 16.3. The Kier molecular flexibility index (Phi) is 7.95. The molecule has 4 rings (SSSR count). The van der Waals surface area contributed by atoms with Crippen molar-refractivity contribution in [2.24, 2.45) is 0 Å². The zero-order chi connectivity index (χ0) is 26.4. The highest BCUT2D eigenvalue weighted by Crippen LogP contribution is 2.31. The van der Waals surface area contributed by atoms with E-state index in [0.717, 1.165) is 45.1 Å². The van der Waals surface area contributed by atoms with E-state index in [1.54, 1.807) is 0 Å². The van der Waals surface area contributed by atoms with Crippen LogP contribution >= 0.6 is 0 Å². The molecule has 4 heteroatoms. The van der Waals surface area contributed by atoms with Crippen LogP contribution in [0.3, 0.4) is 0 Å². The topological polar surface area (TPSA) is 21.0 Å². The van der Waals surface area contributed by atoms with Crippen molar-refractivity contribution in [2.75, 3.05) is 57.0 Å². The fourth-order valence-corrected chi connectivity index (χ4v) is 3.88.